The number of rotatable bonds is 12. The molecule has 2 aromatic carbocycles. The normalized spacial score (nSPS) is 12.7. The summed E-state index contributed by atoms with van der Waals surface area (Å²) in [4.78, 5) is 11.9. The Morgan fingerprint density at radius 3 is 2.00 bits per heavy atom. The second-order valence-corrected chi connectivity index (χ2v) is 9.72. The third-order valence-corrected chi connectivity index (χ3v) is 5.97. The number of carbonyl (C=O) groups is 1. The standard InChI is InChI=1S/C30H42O3/c1-21(2)26-19-27(22(3)4)29(28(20-26)23(5)6)24(7)32-17-13-8-9-14-18-33-30(31)25-15-11-10-12-16-25/h10-13,15-17,19-24H,8-9,14,18H2,1-7H3/b17-13-/t24-/m0/s1. The van der Waals surface area contributed by atoms with Crippen LogP contribution in [0, 0.1) is 0 Å². The highest BCUT2D eigenvalue weighted by molar-refractivity contribution is 5.89. The largest absolute Gasteiger partial charge is 0.494 e. The molecule has 180 valence electrons. The van der Waals surface area contributed by atoms with Crippen LogP contribution in [0.4, 0.5) is 0 Å². The molecule has 0 saturated heterocycles. The van der Waals surface area contributed by atoms with E-state index in [2.05, 4.69) is 66.7 Å². The highest BCUT2D eigenvalue weighted by Gasteiger charge is 2.21. The van der Waals surface area contributed by atoms with E-state index in [-0.39, 0.29) is 12.1 Å². The zero-order valence-corrected chi connectivity index (χ0v) is 21.6. The third kappa shape index (κ3) is 8.07. The number of esters is 1. The first-order chi connectivity index (χ1) is 15.7. The topological polar surface area (TPSA) is 35.5 Å². The van der Waals surface area contributed by atoms with Gasteiger partial charge in [-0.25, -0.2) is 4.79 Å². The molecule has 0 saturated carbocycles. The lowest BCUT2D eigenvalue weighted by atomic mass is 9.82. The highest BCUT2D eigenvalue weighted by atomic mass is 16.5. The van der Waals surface area contributed by atoms with Gasteiger partial charge in [0.2, 0.25) is 0 Å². The molecular formula is C30H42O3. The molecule has 2 rings (SSSR count). The number of benzene rings is 2. The Bertz CT molecular complexity index is 865. The smallest absolute Gasteiger partial charge is 0.338 e. The van der Waals surface area contributed by atoms with Crippen molar-refractivity contribution in [3.63, 3.8) is 0 Å². The minimum atomic E-state index is -0.256. The van der Waals surface area contributed by atoms with E-state index in [1.165, 1.54) is 22.3 Å². The van der Waals surface area contributed by atoms with Crippen molar-refractivity contribution >= 4 is 5.97 Å². The lowest BCUT2D eigenvalue weighted by Crippen LogP contribution is -2.10. The van der Waals surface area contributed by atoms with Gasteiger partial charge >= 0.3 is 5.97 Å². The molecule has 0 aliphatic carbocycles. The van der Waals surface area contributed by atoms with Crippen LogP contribution >= 0.6 is 0 Å². The summed E-state index contributed by atoms with van der Waals surface area (Å²) in [5.74, 6) is 1.15. The molecular weight excluding hydrogens is 408 g/mol. The van der Waals surface area contributed by atoms with Crippen molar-refractivity contribution in [2.75, 3.05) is 6.61 Å². The number of ether oxygens (including phenoxy) is 2. The highest BCUT2D eigenvalue weighted by Crippen LogP contribution is 2.37. The van der Waals surface area contributed by atoms with Gasteiger partial charge < -0.3 is 9.47 Å². The summed E-state index contributed by atoms with van der Waals surface area (Å²) in [6.45, 7) is 16.2. The molecule has 0 aliphatic heterocycles. The van der Waals surface area contributed by atoms with Gasteiger partial charge in [-0.1, -0.05) is 71.9 Å². The third-order valence-electron chi connectivity index (χ3n) is 5.97. The first kappa shape index (κ1) is 26.7. The van der Waals surface area contributed by atoms with Gasteiger partial charge in [-0.3, -0.25) is 0 Å². The predicted molar refractivity (Wildman–Crippen MR) is 138 cm³/mol. The van der Waals surface area contributed by atoms with Gasteiger partial charge in [-0.2, -0.15) is 0 Å². The fourth-order valence-electron chi connectivity index (χ4n) is 3.98. The lowest BCUT2D eigenvalue weighted by molar-refractivity contribution is 0.0498. The summed E-state index contributed by atoms with van der Waals surface area (Å²) < 4.78 is 11.5. The zero-order chi connectivity index (χ0) is 24.4. The molecule has 3 heteroatoms. The average Bonchev–Trinajstić information content (AvgIpc) is 2.79. The van der Waals surface area contributed by atoms with Gasteiger partial charge in [0.25, 0.3) is 0 Å². The summed E-state index contributed by atoms with van der Waals surface area (Å²) in [7, 11) is 0. The molecule has 1 atom stereocenters. The molecule has 0 radical (unpaired) electrons. The Morgan fingerprint density at radius 1 is 0.848 bits per heavy atom. The van der Waals surface area contributed by atoms with Gasteiger partial charge in [-0.15, -0.1) is 0 Å². The fourth-order valence-corrected chi connectivity index (χ4v) is 3.98. The first-order valence-electron chi connectivity index (χ1n) is 12.4. The van der Waals surface area contributed by atoms with Gasteiger partial charge in [0.05, 0.1) is 18.4 Å². The van der Waals surface area contributed by atoms with E-state index in [1.807, 2.05) is 24.5 Å². The van der Waals surface area contributed by atoms with Crippen molar-refractivity contribution in [2.24, 2.45) is 0 Å². The predicted octanol–water partition coefficient (Wildman–Crippen LogP) is 8.68. The van der Waals surface area contributed by atoms with E-state index in [4.69, 9.17) is 9.47 Å². The van der Waals surface area contributed by atoms with Gasteiger partial charge in [0.1, 0.15) is 6.10 Å². The van der Waals surface area contributed by atoms with Crippen molar-refractivity contribution in [1.82, 2.24) is 0 Å². The lowest BCUT2D eigenvalue weighted by Gasteiger charge is -2.26. The van der Waals surface area contributed by atoms with E-state index in [0.717, 1.165) is 19.3 Å². The van der Waals surface area contributed by atoms with Crippen LogP contribution in [0.15, 0.2) is 54.8 Å². The molecule has 0 aliphatic rings. The van der Waals surface area contributed by atoms with E-state index in [1.54, 1.807) is 12.1 Å². The quantitative estimate of drug-likeness (QED) is 0.184. The monoisotopic (exact) mass is 450 g/mol. The maximum absolute atomic E-state index is 11.9. The van der Waals surface area contributed by atoms with Crippen molar-refractivity contribution in [3.05, 3.63) is 82.6 Å². The molecule has 0 heterocycles. The van der Waals surface area contributed by atoms with Gasteiger partial charge in [0.15, 0.2) is 0 Å². The minimum Gasteiger partial charge on any atom is -0.494 e. The molecule has 0 amide bonds. The van der Waals surface area contributed by atoms with Crippen molar-refractivity contribution in [1.29, 1.82) is 0 Å². The summed E-state index contributed by atoms with van der Waals surface area (Å²) in [5.41, 5.74) is 6.13. The molecule has 0 fully saturated rings. The minimum absolute atomic E-state index is 0.00379. The van der Waals surface area contributed by atoms with Crippen LogP contribution in [0.25, 0.3) is 0 Å². The van der Waals surface area contributed by atoms with E-state index in [0.29, 0.717) is 29.9 Å². The van der Waals surface area contributed by atoms with Crippen molar-refractivity contribution in [3.8, 4) is 0 Å². The Balaban J connectivity index is 1.88. The maximum atomic E-state index is 11.9. The van der Waals surface area contributed by atoms with Crippen LogP contribution < -0.4 is 0 Å². The summed E-state index contributed by atoms with van der Waals surface area (Å²) >= 11 is 0. The number of carbonyl (C=O) groups excluding carboxylic acids is 1. The molecule has 0 bridgehead atoms. The van der Waals surface area contributed by atoms with Crippen LogP contribution in [0.2, 0.25) is 0 Å². The molecule has 33 heavy (non-hydrogen) atoms. The van der Waals surface area contributed by atoms with Crippen LogP contribution in [0.5, 0.6) is 0 Å². The average molecular weight is 451 g/mol. The molecule has 3 nitrogen and oxygen atoms in total. The van der Waals surface area contributed by atoms with Crippen molar-refractivity contribution in [2.45, 2.75) is 91.6 Å². The van der Waals surface area contributed by atoms with Crippen LogP contribution in [0.1, 0.15) is 124 Å². The summed E-state index contributed by atoms with van der Waals surface area (Å²) in [6.07, 6.45) is 6.60. The van der Waals surface area contributed by atoms with Crippen molar-refractivity contribution < 1.29 is 14.3 Å². The molecule has 0 unspecified atom stereocenters. The Labute approximate surface area is 201 Å². The second-order valence-electron chi connectivity index (χ2n) is 9.72. The van der Waals surface area contributed by atoms with E-state index < -0.39 is 0 Å². The molecule has 0 N–H and O–H groups in total. The fraction of sp³-hybridized carbons (Fsp3) is 0.500. The number of allylic oxidation sites excluding steroid dienone is 1. The maximum Gasteiger partial charge on any atom is 0.338 e. The summed E-state index contributed by atoms with van der Waals surface area (Å²) in [6, 6.07) is 13.9. The molecule has 0 aromatic heterocycles. The molecule has 0 spiro atoms. The van der Waals surface area contributed by atoms with Gasteiger partial charge in [-0.05, 0) is 84.4 Å². The number of hydrogen-bond acceptors (Lipinski definition) is 3. The second kappa shape index (κ2) is 13.2. The first-order valence-corrected chi connectivity index (χ1v) is 12.4. The van der Waals surface area contributed by atoms with Crippen LogP contribution in [0.3, 0.4) is 0 Å². The number of unbranched alkanes of at least 4 members (excludes halogenated alkanes) is 2. The number of hydrogen-bond donors (Lipinski definition) is 0. The zero-order valence-electron chi connectivity index (χ0n) is 21.6. The summed E-state index contributed by atoms with van der Waals surface area (Å²) in [5, 5.41) is 0. The van der Waals surface area contributed by atoms with Gasteiger partial charge in [0, 0.05) is 0 Å². The van der Waals surface area contributed by atoms with E-state index in [9.17, 15) is 4.79 Å². The Morgan fingerprint density at radius 2 is 1.45 bits per heavy atom. The van der Waals surface area contributed by atoms with E-state index >= 15 is 0 Å². The van der Waals surface area contributed by atoms with Crippen LogP contribution in [-0.2, 0) is 9.47 Å². The molecule has 2 aromatic rings. The Hall–Kier alpha value is -2.55. The SMILES string of the molecule is CC(C)c1cc(C(C)C)c([C@H](C)O/C=C\CCCCOC(=O)c2ccccc2)c(C(C)C)c1. The van der Waals surface area contributed by atoms with Crippen LogP contribution in [-0.4, -0.2) is 12.6 Å². The Kier molecular flexibility index (Phi) is 10.7.